The van der Waals surface area contributed by atoms with E-state index in [9.17, 15) is 0 Å². The first-order valence-electron chi connectivity index (χ1n) is 16.3. The highest BCUT2D eigenvalue weighted by Gasteiger charge is 2.15. The van der Waals surface area contributed by atoms with Gasteiger partial charge >= 0.3 is 0 Å². The quantitative estimate of drug-likeness (QED) is 0.0838. The maximum Gasteiger partial charge on any atom is 0.122 e. The predicted octanol–water partition coefficient (Wildman–Crippen LogP) is 11.8. The maximum atomic E-state index is 5.69. The molecule has 0 N–H and O–H groups in total. The van der Waals surface area contributed by atoms with Crippen molar-refractivity contribution < 1.29 is 9.47 Å². The topological polar surface area (TPSA) is 18.5 Å². The van der Waals surface area contributed by atoms with E-state index in [0.717, 1.165) is 46.1 Å². The minimum absolute atomic E-state index is 0.648. The van der Waals surface area contributed by atoms with E-state index < -0.39 is 0 Å². The molecule has 0 radical (unpaired) electrons. The Bertz CT molecular complexity index is 1280. The Labute approximate surface area is 293 Å². The first kappa shape index (κ1) is 35.6. The largest absolute Gasteiger partial charge is 0.496 e. The molecule has 5 heteroatoms. The molecule has 0 aromatic heterocycles. The molecule has 45 heavy (non-hydrogen) atoms. The molecule has 0 saturated heterocycles. The molecule has 0 saturated carbocycles. The molecule has 4 aromatic carbocycles. The van der Waals surface area contributed by atoms with Crippen molar-refractivity contribution >= 4 is 43.6 Å². The van der Waals surface area contributed by atoms with Crippen molar-refractivity contribution in [1.29, 1.82) is 0 Å². The lowest BCUT2D eigenvalue weighted by Crippen LogP contribution is -2.09. The molecule has 240 valence electrons. The first-order valence-corrected chi connectivity index (χ1v) is 19.1. The average Bonchev–Trinajstić information content (AvgIpc) is 3.07. The molecule has 0 aliphatic carbocycles. The third-order valence-corrected chi connectivity index (χ3v) is 10.9. The summed E-state index contributed by atoms with van der Waals surface area (Å²) in [7, 11) is 3.57. The van der Waals surface area contributed by atoms with Gasteiger partial charge in [-0.05, 0) is 146 Å². The van der Waals surface area contributed by atoms with Crippen molar-refractivity contribution in [1.82, 2.24) is 0 Å². The number of benzene rings is 4. The van der Waals surface area contributed by atoms with E-state index in [1.54, 1.807) is 14.2 Å². The van der Waals surface area contributed by atoms with Gasteiger partial charge in [-0.3, -0.25) is 0 Å². The van der Waals surface area contributed by atoms with Gasteiger partial charge in [0.05, 0.1) is 14.2 Å². The van der Waals surface area contributed by atoms with Gasteiger partial charge in [0, 0.05) is 8.95 Å². The first-order chi connectivity index (χ1) is 22.0. The highest BCUT2D eigenvalue weighted by Crippen LogP contribution is 2.29. The summed E-state index contributed by atoms with van der Waals surface area (Å²) in [5.41, 5.74) is 5.50. The molecule has 4 aromatic rings. The molecule has 0 heterocycles. The smallest absolute Gasteiger partial charge is 0.122 e. The van der Waals surface area contributed by atoms with E-state index in [1.807, 2.05) is 0 Å². The lowest BCUT2D eigenvalue weighted by Gasteiger charge is -2.19. The van der Waals surface area contributed by atoms with Crippen LogP contribution in [-0.4, -0.2) is 25.7 Å². The van der Waals surface area contributed by atoms with Gasteiger partial charge in [0.2, 0.25) is 0 Å². The van der Waals surface area contributed by atoms with E-state index in [1.165, 1.54) is 72.3 Å². The number of ether oxygens (including phenoxy) is 2. The third kappa shape index (κ3) is 12.8. The number of rotatable bonds is 20. The van der Waals surface area contributed by atoms with Crippen molar-refractivity contribution in [3.8, 4) is 11.5 Å². The van der Waals surface area contributed by atoms with Gasteiger partial charge in [0.15, 0.2) is 0 Å². The van der Waals surface area contributed by atoms with Crippen LogP contribution in [0.25, 0.3) is 0 Å². The van der Waals surface area contributed by atoms with Crippen LogP contribution >= 0.6 is 43.6 Å². The number of halogens is 2. The monoisotopic (exact) mass is 750 g/mol. The van der Waals surface area contributed by atoms with Crippen LogP contribution in [0.3, 0.4) is 0 Å². The van der Waals surface area contributed by atoms with Crippen molar-refractivity contribution in [2.24, 2.45) is 11.8 Å². The highest BCUT2D eigenvalue weighted by molar-refractivity contribution is 9.10. The Morgan fingerprint density at radius 3 is 1.33 bits per heavy atom. The zero-order valence-electron chi connectivity index (χ0n) is 26.9. The third-order valence-electron chi connectivity index (χ3n) is 8.71. The molecule has 0 spiro atoms. The summed E-state index contributed by atoms with van der Waals surface area (Å²) in [6.45, 7) is 0. The van der Waals surface area contributed by atoms with Crippen LogP contribution in [0.4, 0.5) is 0 Å². The Hall–Kier alpha value is -2.21. The van der Waals surface area contributed by atoms with Gasteiger partial charge in [0.1, 0.15) is 11.5 Å². The lowest BCUT2D eigenvalue weighted by atomic mass is 9.89. The number of thioether (sulfide) groups is 1. The Morgan fingerprint density at radius 1 is 0.533 bits per heavy atom. The minimum atomic E-state index is 0.648. The fraction of sp³-hybridized carbons (Fsp3) is 0.400. The molecule has 0 bridgehead atoms. The second kappa shape index (κ2) is 20.1. The van der Waals surface area contributed by atoms with E-state index in [0.29, 0.717) is 11.8 Å². The van der Waals surface area contributed by atoms with Crippen molar-refractivity contribution in [3.05, 3.63) is 128 Å². The molecule has 0 aliphatic heterocycles. The number of aryl methyl sites for hydroxylation is 2. The zero-order chi connectivity index (χ0) is 31.7. The van der Waals surface area contributed by atoms with Gasteiger partial charge < -0.3 is 9.47 Å². The Kier molecular flexibility index (Phi) is 15.9. The summed E-state index contributed by atoms with van der Waals surface area (Å²) in [6.07, 6.45) is 11.8. The molecule has 0 amide bonds. The van der Waals surface area contributed by atoms with Crippen LogP contribution in [0, 0.1) is 11.8 Å². The highest BCUT2D eigenvalue weighted by atomic mass is 79.9. The maximum absolute atomic E-state index is 5.69. The van der Waals surface area contributed by atoms with E-state index in [-0.39, 0.29) is 0 Å². The normalized spacial score (nSPS) is 12.5. The van der Waals surface area contributed by atoms with Crippen LogP contribution in [-0.2, 0) is 25.7 Å². The van der Waals surface area contributed by atoms with Crippen LogP contribution in [0.15, 0.2) is 106 Å². The summed E-state index contributed by atoms with van der Waals surface area (Å²) in [5.74, 6) is 5.79. The minimum Gasteiger partial charge on any atom is -0.496 e. The number of hydrogen-bond donors (Lipinski definition) is 0. The number of hydrogen-bond acceptors (Lipinski definition) is 3. The van der Waals surface area contributed by atoms with Crippen molar-refractivity contribution in [2.45, 2.75) is 64.2 Å². The van der Waals surface area contributed by atoms with Crippen LogP contribution in [0.2, 0.25) is 0 Å². The molecule has 0 aliphatic rings. The van der Waals surface area contributed by atoms with E-state index in [4.69, 9.17) is 9.47 Å². The van der Waals surface area contributed by atoms with Crippen LogP contribution in [0.5, 0.6) is 11.5 Å². The van der Waals surface area contributed by atoms with Crippen LogP contribution in [0.1, 0.15) is 60.8 Å². The van der Waals surface area contributed by atoms with Gasteiger partial charge in [-0.25, -0.2) is 0 Å². The van der Waals surface area contributed by atoms with Gasteiger partial charge in [-0.2, -0.15) is 11.8 Å². The lowest BCUT2D eigenvalue weighted by molar-refractivity contribution is 0.394. The van der Waals surface area contributed by atoms with Gasteiger partial charge in [0.25, 0.3) is 0 Å². The van der Waals surface area contributed by atoms with Gasteiger partial charge in [-0.1, -0.05) is 92.5 Å². The van der Waals surface area contributed by atoms with E-state index >= 15 is 0 Å². The summed E-state index contributed by atoms with van der Waals surface area (Å²) in [6, 6.07) is 34.7. The zero-order valence-corrected chi connectivity index (χ0v) is 30.8. The summed E-state index contributed by atoms with van der Waals surface area (Å²) < 4.78 is 13.7. The summed E-state index contributed by atoms with van der Waals surface area (Å²) in [4.78, 5) is 0. The van der Waals surface area contributed by atoms with Crippen molar-refractivity contribution in [2.75, 3.05) is 25.7 Å². The fourth-order valence-electron chi connectivity index (χ4n) is 6.16. The second-order valence-corrected chi connectivity index (χ2v) is 15.0. The number of para-hydroxylation sites is 2. The average molecular weight is 753 g/mol. The molecule has 0 fully saturated rings. The van der Waals surface area contributed by atoms with Crippen LogP contribution < -0.4 is 9.47 Å². The molecular formula is C40H48Br2O2S. The SMILES string of the molecule is COc1ccccc1CC(CCCSCCCC(CCc1ccc(Br)cc1)Cc1ccccc1OC)CCc1ccc(Br)cc1. The predicted molar refractivity (Wildman–Crippen MR) is 201 cm³/mol. The van der Waals surface area contributed by atoms with E-state index in [2.05, 4.69) is 141 Å². The summed E-state index contributed by atoms with van der Waals surface area (Å²) in [5, 5.41) is 0. The standard InChI is InChI=1S/C40H48Br2O2S/c1-43-39-13-5-3-11-35(39)29-33(17-15-31-19-23-37(41)24-20-31)9-7-27-45-28-8-10-34(18-16-32-21-25-38(42)26-22-32)30-36-12-4-6-14-40(36)44-2/h3-6,11-14,19-26,33-34H,7-10,15-18,27-30H2,1-2H3. The molecule has 2 nitrogen and oxygen atoms in total. The Balaban J connectivity index is 1.25. The second-order valence-electron chi connectivity index (χ2n) is 12.0. The molecule has 2 atom stereocenters. The summed E-state index contributed by atoms with van der Waals surface area (Å²) >= 11 is 9.28. The van der Waals surface area contributed by atoms with Gasteiger partial charge in [-0.15, -0.1) is 0 Å². The van der Waals surface area contributed by atoms with Crippen molar-refractivity contribution in [3.63, 3.8) is 0 Å². The fourth-order valence-corrected chi connectivity index (χ4v) is 7.63. The molecular weight excluding hydrogens is 704 g/mol. The number of methoxy groups -OCH3 is 2. The Morgan fingerprint density at radius 2 is 0.933 bits per heavy atom. The molecule has 2 unspecified atom stereocenters. The molecule has 4 rings (SSSR count).